The van der Waals surface area contributed by atoms with Crippen LogP contribution in [0.3, 0.4) is 0 Å². The molecule has 2 fully saturated rings. The monoisotopic (exact) mass is 425 g/mol. The van der Waals surface area contributed by atoms with Gasteiger partial charge in [0.1, 0.15) is 5.82 Å². The molecule has 2 amide bonds. The fourth-order valence-electron chi connectivity index (χ4n) is 4.93. The van der Waals surface area contributed by atoms with E-state index in [9.17, 15) is 9.59 Å². The predicted octanol–water partition coefficient (Wildman–Crippen LogP) is 2.79. The number of fused-ring (bicyclic) bond motifs is 2. The minimum Gasteiger partial charge on any atom is -0.356 e. The summed E-state index contributed by atoms with van der Waals surface area (Å²) in [7, 11) is 0. The lowest BCUT2D eigenvalue weighted by Crippen LogP contribution is -2.44. The number of aromatic nitrogens is 2. The van der Waals surface area contributed by atoms with Crippen molar-refractivity contribution < 1.29 is 9.59 Å². The number of aromatic amines is 1. The number of H-pyrrole nitrogens is 1. The topological polar surface area (TPSA) is 81.3 Å². The fraction of sp³-hybridized carbons (Fsp3) is 0.625. The summed E-state index contributed by atoms with van der Waals surface area (Å²) >= 11 is 0. The number of carbonyl (C=O) groups is 2. The van der Waals surface area contributed by atoms with Gasteiger partial charge in [-0.1, -0.05) is 12.5 Å². The molecule has 3 heterocycles. The van der Waals surface area contributed by atoms with Crippen LogP contribution in [-0.4, -0.2) is 70.3 Å². The smallest absolute Gasteiger partial charge is 0.226 e. The van der Waals surface area contributed by atoms with Gasteiger partial charge in [0.15, 0.2) is 0 Å². The largest absolute Gasteiger partial charge is 0.356 e. The first-order valence-electron chi connectivity index (χ1n) is 11.8. The Morgan fingerprint density at radius 2 is 1.90 bits per heavy atom. The summed E-state index contributed by atoms with van der Waals surface area (Å²) in [6, 6.07) is 6.39. The van der Waals surface area contributed by atoms with Crippen LogP contribution >= 0.6 is 0 Å². The van der Waals surface area contributed by atoms with Gasteiger partial charge in [-0.05, 0) is 63.3 Å². The van der Waals surface area contributed by atoms with E-state index in [1.165, 1.54) is 12.8 Å². The number of amides is 2. The summed E-state index contributed by atoms with van der Waals surface area (Å²) in [5.74, 6) is 1.25. The SMILES string of the molecule is Cc1nc2ccc(CC(=O)N3CCCCNC(=O)CC4CCCCN4CCC3)cc2[nH]1. The van der Waals surface area contributed by atoms with E-state index in [2.05, 4.69) is 20.2 Å². The number of aryl methyl sites for hydroxylation is 1. The predicted molar refractivity (Wildman–Crippen MR) is 122 cm³/mol. The first-order chi connectivity index (χ1) is 15.1. The number of hydrogen-bond donors (Lipinski definition) is 2. The van der Waals surface area contributed by atoms with Gasteiger partial charge in [-0.15, -0.1) is 0 Å². The first-order valence-corrected chi connectivity index (χ1v) is 11.8. The number of piperidine rings is 1. The van der Waals surface area contributed by atoms with Gasteiger partial charge >= 0.3 is 0 Å². The molecule has 7 heteroatoms. The van der Waals surface area contributed by atoms with Gasteiger partial charge in [-0.25, -0.2) is 4.98 Å². The summed E-state index contributed by atoms with van der Waals surface area (Å²) in [5, 5.41) is 3.08. The molecule has 0 saturated carbocycles. The quantitative estimate of drug-likeness (QED) is 0.775. The third kappa shape index (κ3) is 5.85. The van der Waals surface area contributed by atoms with Crippen LogP contribution < -0.4 is 5.32 Å². The minimum atomic E-state index is 0.175. The van der Waals surface area contributed by atoms with E-state index < -0.39 is 0 Å². The Balaban J connectivity index is 1.40. The summed E-state index contributed by atoms with van der Waals surface area (Å²) in [6.45, 7) is 6.21. The Morgan fingerprint density at radius 3 is 2.81 bits per heavy atom. The lowest BCUT2D eigenvalue weighted by molar-refractivity contribution is -0.130. The molecule has 2 aliphatic heterocycles. The molecule has 1 atom stereocenters. The molecule has 2 N–H and O–H groups in total. The Kier molecular flexibility index (Phi) is 7.22. The summed E-state index contributed by atoms with van der Waals surface area (Å²) in [5.41, 5.74) is 2.95. The zero-order chi connectivity index (χ0) is 21.6. The lowest BCUT2D eigenvalue weighted by Gasteiger charge is -2.35. The number of benzene rings is 1. The van der Waals surface area contributed by atoms with Crippen molar-refractivity contribution in [3.63, 3.8) is 0 Å². The van der Waals surface area contributed by atoms with E-state index in [0.29, 0.717) is 25.4 Å². The Morgan fingerprint density at radius 1 is 1.10 bits per heavy atom. The third-order valence-electron chi connectivity index (χ3n) is 6.59. The molecule has 2 aliphatic rings. The van der Waals surface area contributed by atoms with Crippen molar-refractivity contribution in [3.8, 4) is 0 Å². The highest BCUT2D eigenvalue weighted by atomic mass is 16.2. The Bertz CT molecular complexity index is 909. The normalized spacial score (nSPS) is 22.2. The molecule has 31 heavy (non-hydrogen) atoms. The first kappa shape index (κ1) is 21.8. The van der Waals surface area contributed by atoms with Crippen molar-refractivity contribution in [1.82, 2.24) is 25.1 Å². The highest BCUT2D eigenvalue weighted by molar-refractivity contribution is 5.82. The lowest BCUT2D eigenvalue weighted by atomic mass is 9.98. The second kappa shape index (κ2) is 10.3. The summed E-state index contributed by atoms with van der Waals surface area (Å²) in [6.07, 6.45) is 7.32. The molecule has 1 aromatic heterocycles. The van der Waals surface area contributed by atoms with Crippen LogP contribution in [0.2, 0.25) is 0 Å². The molecule has 4 rings (SSSR count). The molecular formula is C24H35N5O2. The number of imidazole rings is 1. The van der Waals surface area contributed by atoms with E-state index >= 15 is 0 Å². The van der Waals surface area contributed by atoms with Crippen molar-refractivity contribution in [2.45, 2.75) is 64.3 Å². The molecule has 2 saturated heterocycles. The molecule has 0 bridgehead atoms. The third-order valence-corrected chi connectivity index (χ3v) is 6.59. The van der Waals surface area contributed by atoms with Crippen molar-refractivity contribution in [2.24, 2.45) is 0 Å². The number of nitrogens with zero attached hydrogens (tertiary/aromatic N) is 3. The molecule has 0 spiro atoms. The molecule has 0 aliphatic carbocycles. The average molecular weight is 426 g/mol. The van der Waals surface area contributed by atoms with Gasteiger partial charge in [0.05, 0.1) is 17.5 Å². The molecule has 1 aromatic carbocycles. The van der Waals surface area contributed by atoms with Crippen molar-refractivity contribution in [3.05, 3.63) is 29.6 Å². The van der Waals surface area contributed by atoms with E-state index in [1.54, 1.807) is 0 Å². The minimum absolute atomic E-state index is 0.175. The second-order valence-corrected chi connectivity index (χ2v) is 9.03. The van der Waals surface area contributed by atoms with E-state index in [0.717, 1.165) is 74.3 Å². The van der Waals surface area contributed by atoms with Crippen LogP contribution in [0.4, 0.5) is 0 Å². The highest BCUT2D eigenvalue weighted by Crippen LogP contribution is 2.20. The second-order valence-electron chi connectivity index (χ2n) is 9.03. The van der Waals surface area contributed by atoms with Gasteiger partial charge < -0.3 is 15.2 Å². The number of hydrogen-bond acceptors (Lipinski definition) is 4. The van der Waals surface area contributed by atoms with Crippen molar-refractivity contribution in [1.29, 1.82) is 0 Å². The van der Waals surface area contributed by atoms with Crippen LogP contribution in [0.25, 0.3) is 11.0 Å². The Labute approximate surface area is 184 Å². The van der Waals surface area contributed by atoms with Crippen molar-refractivity contribution >= 4 is 22.8 Å². The maximum atomic E-state index is 13.1. The summed E-state index contributed by atoms with van der Waals surface area (Å²) < 4.78 is 0. The van der Waals surface area contributed by atoms with Gasteiger partial charge in [0.2, 0.25) is 11.8 Å². The number of nitrogens with one attached hydrogen (secondary N) is 2. The average Bonchev–Trinajstić information content (AvgIpc) is 3.12. The van der Waals surface area contributed by atoms with Gasteiger partial charge in [-0.2, -0.15) is 0 Å². The molecule has 2 aromatic rings. The van der Waals surface area contributed by atoms with E-state index in [-0.39, 0.29) is 11.8 Å². The maximum Gasteiger partial charge on any atom is 0.226 e. The number of rotatable bonds is 2. The zero-order valence-electron chi connectivity index (χ0n) is 18.7. The van der Waals surface area contributed by atoms with Crippen LogP contribution in [0, 0.1) is 6.92 Å². The molecule has 168 valence electrons. The maximum absolute atomic E-state index is 13.1. The molecule has 1 unspecified atom stereocenters. The van der Waals surface area contributed by atoms with Crippen LogP contribution in [0.15, 0.2) is 18.2 Å². The van der Waals surface area contributed by atoms with Crippen LogP contribution in [0.1, 0.15) is 56.3 Å². The Hall–Kier alpha value is -2.41. The fourth-order valence-corrected chi connectivity index (χ4v) is 4.93. The van der Waals surface area contributed by atoms with Crippen LogP contribution in [0.5, 0.6) is 0 Å². The van der Waals surface area contributed by atoms with Gasteiger partial charge in [0.25, 0.3) is 0 Å². The molecule has 0 radical (unpaired) electrons. The van der Waals surface area contributed by atoms with Gasteiger partial charge in [-0.3, -0.25) is 14.5 Å². The highest BCUT2D eigenvalue weighted by Gasteiger charge is 2.25. The molecule has 7 nitrogen and oxygen atoms in total. The zero-order valence-corrected chi connectivity index (χ0v) is 18.7. The van der Waals surface area contributed by atoms with Crippen LogP contribution in [-0.2, 0) is 16.0 Å². The van der Waals surface area contributed by atoms with E-state index in [1.807, 2.05) is 30.0 Å². The van der Waals surface area contributed by atoms with E-state index in [4.69, 9.17) is 0 Å². The van der Waals surface area contributed by atoms with Crippen molar-refractivity contribution in [2.75, 3.05) is 32.7 Å². The number of carbonyl (C=O) groups excluding carboxylic acids is 2. The molecular weight excluding hydrogens is 390 g/mol. The standard InChI is InChI=1S/C24H35N5O2/c1-18-26-21-9-8-19(15-22(21)27-18)16-24(31)29-12-5-3-10-25-23(30)17-20-7-2-4-11-28(20)13-6-14-29/h8-9,15,20H,2-7,10-14,16-17H2,1H3,(H,25,30)(H,26,27). The van der Waals surface area contributed by atoms with Gasteiger partial charge in [0, 0.05) is 38.6 Å². The summed E-state index contributed by atoms with van der Waals surface area (Å²) in [4.78, 5) is 37.6.